The standard InChI is InChI=1S/C36H55N7O6/c1-5-10-25(29(44)34(48)39-23-15-16-23)40-33(47)28-24-14-9-13-22(24)20-43(28)35(49)30(36(2,3)4)42-32(46)27(21-11-7-6-8-12-21)41-31(45)26-19-37-17-18-38-26/h17-19,21-25,27-28,30,34,39,48H,5-16,20H2,1-4H3,(H,40,47)(H,41,45)(H,42,46)/t22-,24-,25-,27-,28-,30+,34?/m0/s1. The van der Waals surface area contributed by atoms with Crippen LogP contribution in [0.15, 0.2) is 18.6 Å². The molecule has 1 aromatic heterocycles. The molecular weight excluding hydrogens is 626 g/mol. The van der Waals surface area contributed by atoms with Crippen LogP contribution in [0.5, 0.6) is 0 Å². The van der Waals surface area contributed by atoms with Crippen LogP contribution in [0.4, 0.5) is 0 Å². The summed E-state index contributed by atoms with van der Waals surface area (Å²) in [4.78, 5) is 79.0. The molecule has 270 valence electrons. The zero-order valence-corrected chi connectivity index (χ0v) is 29.5. The minimum Gasteiger partial charge on any atom is -0.371 e. The Balaban J connectivity index is 1.35. The Kier molecular flexibility index (Phi) is 12.1. The first-order chi connectivity index (χ1) is 23.4. The van der Waals surface area contributed by atoms with E-state index in [0.29, 0.717) is 19.4 Å². The maximum atomic E-state index is 14.6. The van der Waals surface area contributed by atoms with Gasteiger partial charge in [0.1, 0.15) is 23.8 Å². The van der Waals surface area contributed by atoms with Gasteiger partial charge in [-0.05, 0) is 68.1 Å². The van der Waals surface area contributed by atoms with Crippen LogP contribution in [0.2, 0.25) is 0 Å². The zero-order chi connectivity index (χ0) is 35.3. The van der Waals surface area contributed by atoms with Crippen molar-refractivity contribution in [3.05, 3.63) is 24.3 Å². The van der Waals surface area contributed by atoms with Crippen LogP contribution in [0.3, 0.4) is 0 Å². The lowest BCUT2D eigenvalue weighted by atomic mass is 9.82. The van der Waals surface area contributed by atoms with Crippen LogP contribution in [0, 0.1) is 23.2 Å². The van der Waals surface area contributed by atoms with Crippen molar-refractivity contribution >= 4 is 29.4 Å². The van der Waals surface area contributed by atoms with Crippen LogP contribution in [-0.4, -0.2) is 92.4 Å². The molecule has 0 spiro atoms. The average Bonchev–Trinajstić information content (AvgIpc) is 3.65. The summed E-state index contributed by atoms with van der Waals surface area (Å²) in [6, 6.07) is -3.43. The fraction of sp³-hybridized carbons (Fsp3) is 0.750. The Morgan fingerprint density at radius 2 is 1.67 bits per heavy atom. The first-order valence-electron chi connectivity index (χ1n) is 18.3. The van der Waals surface area contributed by atoms with Crippen molar-refractivity contribution in [3.63, 3.8) is 0 Å². The highest BCUT2D eigenvalue weighted by atomic mass is 16.3. The largest absolute Gasteiger partial charge is 0.371 e. The van der Waals surface area contributed by atoms with Gasteiger partial charge in [0.15, 0.2) is 12.0 Å². The normalized spacial score (nSPS) is 25.1. The second-order valence-corrected chi connectivity index (χ2v) is 15.6. The summed E-state index contributed by atoms with van der Waals surface area (Å²) < 4.78 is 0. The molecule has 4 fully saturated rings. The highest BCUT2D eigenvalue weighted by Gasteiger charge is 2.52. The van der Waals surface area contributed by atoms with E-state index >= 15 is 0 Å². The van der Waals surface area contributed by atoms with Crippen molar-refractivity contribution in [2.24, 2.45) is 23.2 Å². The minimum atomic E-state index is -1.36. The van der Waals surface area contributed by atoms with E-state index in [9.17, 15) is 29.1 Å². The Morgan fingerprint density at radius 3 is 2.31 bits per heavy atom. The number of carbonyl (C=O) groups excluding carboxylic acids is 5. The molecule has 7 atom stereocenters. The molecule has 13 heteroatoms. The van der Waals surface area contributed by atoms with Gasteiger partial charge in [-0.1, -0.05) is 59.8 Å². The molecule has 1 unspecified atom stereocenters. The number of aromatic nitrogens is 2. The van der Waals surface area contributed by atoms with Crippen LogP contribution in [0.1, 0.15) is 115 Å². The van der Waals surface area contributed by atoms with E-state index in [1.165, 1.54) is 18.6 Å². The summed E-state index contributed by atoms with van der Waals surface area (Å²) in [5.74, 6) is -2.20. The number of nitrogens with zero attached hydrogens (tertiary/aromatic N) is 3. The fourth-order valence-corrected chi connectivity index (χ4v) is 7.99. The van der Waals surface area contributed by atoms with Gasteiger partial charge in [0.25, 0.3) is 5.91 Å². The molecular formula is C36H55N7O6. The number of aliphatic hydroxyl groups excluding tert-OH is 1. The maximum absolute atomic E-state index is 14.6. The molecule has 4 aliphatic rings. The number of ketones is 1. The fourth-order valence-electron chi connectivity index (χ4n) is 7.99. The third-order valence-corrected chi connectivity index (χ3v) is 10.8. The van der Waals surface area contributed by atoms with Gasteiger partial charge >= 0.3 is 0 Å². The molecule has 3 aliphatic carbocycles. The van der Waals surface area contributed by atoms with E-state index in [-0.39, 0.29) is 35.4 Å². The number of hydrogen-bond acceptors (Lipinski definition) is 9. The van der Waals surface area contributed by atoms with E-state index in [0.717, 1.165) is 64.2 Å². The summed E-state index contributed by atoms with van der Waals surface area (Å²) in [5, 5.41) is 22.3. The second kappa shape index (κ2) is 16.1. The Morgan fingerprint density at radius 1 is 0.939 bits per heavy atom. The quantitative estimate of drug-likeness (QED) is 0.184. The number of likely N-dealkylation sites (tertiary alicyclic amines) is 1. The number of amides is 4. The van der Waals surface area contributed by atoms with Crippen LogP contribution in [0.25, 0.3) is 0 Å². The summed E-state index contributed by atoms with van der Waals surface area (Å²) >= 11 is 0. The van der Waals surface area contributed by atoms with Gasteiger partial charge in [-0.15, -0.1) is 0 Å². The number of hydrogen-bond donors (Lipinski definition) is 5. The van der Waals surface area contributed by atoms with Crippen molar-refractivity contribution in [2.75, 3.05) is 6.54 Å². The summed E-state index contributed by atoms with van der Waals surface area (Å²) in [5.41, 5.74) is -0.621. The lowest BCUT2D eigenvalue weighted by Crippen LogP contribution is -2.62. The van der Waals surface area contributed by atoms with Crippen molar-refractivity contribution < 1.29 is 29.1 Å². The van der Waals surface area contributed by atoms with E-state index in [4.69, 9.17) is 0 Å². The first kappa shape index (κ1) is 36.8. The molecule has 2 heterocycles. The summed E-state index contributed by atoms with van der Waals surface area (Å²) in [6.07, 6.45) is 12.8. The Bertz CT molecular complexity index is 1340. The summed E-state index contributed by atoms with van der Waals surface area (Å²) in [7, 11) is 0. The highest BCUT2D eigenvalue weighted by Crippen LogP contribution is 2.43. The van der Waals surface area contributed by atoms with Crippen molar-refractivity contribution in [2.45, 2.75) is 141 Å². The molecule has 0 bridgehead atoms. The van der Waals surface area contributed by atoms with Crippen molar-refractivity contribution in [1.29, 1.82) is 0 Å². The third-order valence-electron chi connectivity index (χ3n) is 10.8. The van der Waals surface area contributed by atoms with Gasteiger partial charge in [-0.3, -0.25) is 34.3 Å². The molecule has 0 radical (unpaired) electrons. The van der Waals surface area contributed by atoms with Gasteiger partial charge in [0.05, 0.1) is 12.2 Å². The maximum Gasteiger partial charge on any atom is 0.272 e. The van der Waals surface area contributed by atoms with Crippen molar-refractivity contribution in [3.8, 4) is 0 Å². The molecule has 3 saturated carbocycles. The highest BCUT2D eigenvalue weighted by molar-refractivity contribution is 5.99. The number of fused-ring (bicyclic) bond motifs is 1. The number of rotatable bonds is 14. The second-order valence-electron chi connectivity index (χ2n) is 15.6. The van der Waals surface area contributed by atoms with Gasteiger partial charge in [0.2, 0.25) is 17.7 Å². The van der Waals surface area contributed by atoms with Gasteiger partial charge in [0, 0.05) is 25.0 Å². The van der Waals surface area contributed by atoms with Crippen LogP contribution >= 0.6 is 0 Å². The van der Waals surface area contributed by atoms with Gasteiger partial charge in [-0.2, -0.15) is 0 Å². The van der Waals surface area contributed by atoms with E-state index in [2.05, 4.69) is 31.2 Å². The topological polar surface area (TPSA) is 183 Å². The minimum absolute atomic E-state index is 0.0616. The third kappa shape index (κ3) is 9.02. The molecule has 0 aromatic carbocycles. The number of Topliss-reactive ketones (excluding diaryl/α,β-unsaturated/α-hetero) is 1. The number of aliphatic hydroxyl groups is 1. The molecule has 49 heavy (non-hydrogen) atoms. The summed E-state index contributed by atoms with van der Waals surface area (Å²) in [6.45, 7) is 7.93. The van der Waals surface area contributed by atoms with Crippen molar-refractivity contribution in [1.82, 2.24) is 36.1 Å². The monoisotopic (exact) mass is 681 g/mol. The molecule has 13 nitrogen and oxygen atoms in total. The van der Waals surface area contributed by atoms with E-state index < -0.39 is 59.3 Å². The molecule has 1 saturated heterocycles. The molecule has 5 N–H and O–H groups in total. The average molecular weight is 682 g/mol. The number of carbonyl (C=O) groups is 5. The van der Waals surface area contributed by atoms with Crippen LogP contribution in [-0.2, 0) is 19.2 Å². The SMILES string of the molecule is CCC[C@H](NC(=O)[C@@H]1[C@H]2CCC[C@H]2CN1C(=O)[C@@H](NC(=O)[C@@H](NC(=O)c1cnccn1)C1CCCCC1)C(C)(C)C)C(=O)C(O)NC1CC1. The number of nitrogens with one attached hydrogen (secondary N) is 4. The lowest BCUT2D eigenvalue weighted by molar-refractivity contribution is -0.146. The van der Waals surface area contributed by atoms with Gasteiger partial charge in [-0.25, -0.2) is 4.98 Å². The predicted octanol–water partition coefficient (Wildman–Crippen LogP) is 2.24. The predicted molar refractivity (Wildman–Crippen MR) is 182 cm³/mol. The first-order valence-corrected chi connectivity index (χ1v) is 18.3. The molecule has 1 aromatic rings. The molecule has 1 aliphatic heterocycles. The van der Waals surface area contributed by atoms with Crippen LogP contribution < -0.4 is 21.3 Å². The zero-order valence-electron chi connectivity index (χ0n) is 29.5. The van der Waals surface area contributed by atoms with E-state index in [1.54, 1.807) is 4.90 Å². The molecule has 4 amide bonds. The lowest BCUT2D eigenvalue weighted by Gasteiger charge is -2.38. The van der Waals surface area contributed by atoms with Gasteiger partial charge < -0.3 is 26.0 Å². The smallest absolute Gasteiger partial charge is 0.272 e. The van der Waals surface area contributed by atoms with E-state index in [1.807, 2.05) is 27.7 Å². The molecule has 5 rings (SSSR count). The Hall–Kier alpha value is -3.45. The Labute approximate surface area is 289 Å².